The number of hydrogen-bond acceptors (Lipinski definition) is 1. The highest BCUT2D eigenvalue weighted by Crippen LogP contribution is 2.33. The van der Waals surface area contributed by atoms with E-state index in [4.69, 9.17) is 0 Å². The quantitative estimate of drug-likeness (QED) is 0.708. The number of hydrogen-bond donors (Lipinski definition) is 0. The molecular formula is C17H13BrO. The van der Waals surface area contributed by atoms with E-state index in [0.717, 1.165) is 33.0 Å². The van der Waals surface area contributed by atoms with Crippen LogP contribution in [0.1, 0.15) is 21.5 Å². The summed E-state index contributed by atoms with van der Waals surface area (Å²) in [5.41, 5.74) is 4.51. The van der Waals surface area contributed by atoms with Crippen molar-refractivity contribution in [1.82, 2.24) is 0 Å². The lowest BCUT2D eigenvalue weighted by Gasteiger charge is -2.13. The molecule has 94 valence electrons. The first-order valence-electron chi connectivity index (χ1n) is 5.85. The van der Waals surface area contributed by atoms with E-state index in [0.29, 0.717) is 5.56 Å². The van der Waals surface area contributed by atoms with Gasteiger partial charge in [-0.3, -0.25) is 4.79 Å². The number of carbonyl (C=O) groups excluding carboxylic acids is 1. The minimum Gasteiger partial charge on any atom is -0.298 e. The highest BCUT2D eigenvalue weighted by Gasteiger charge is 2.11. The van der Waals surface area contributed by atoms with Crippen LogP contribution in [0.15, 0.2) is 54.0 Å². The first-order chi connectivity index (χ1) is 9.22. The van der Waals surface area contributed by atoms with Crippen LogP contribution in [0.25, 0.3) is 23.3 Å². The summed E-state index contributed by atoms with van der Waals surface area (Å²) in [5, 5.41) is 0. The molecule has 0 atom stereocenters. The molecule has 0 aliphatic rings. The van der Waals surface area contributed by atoms with Crippen LogP contribution in [0.3, 0.4) is 0 Å². The van der Waals surface area contributed by atoms with E-state index in [2.05, 4.69) is 29.1 Å². The molecule has 0 N–H and O–H groups in total. The third-order valence-corrected chi connectivity index (χ3v) is 3.71. The summed E-state index contributed by atoms with van der Waals surface area (Å²) in [6, 6.07) is 11.5. The van der Waals surface area contributed by atoms with Crippen molar-refractivity contribution in [3.05, 3.63) is 70.7 Å². The fourth-order valence-electron chi connectivity index (χ4n) is 2.12. The van der Waals surface area contributed by atoms with E-state index in [1.807, 2.05) is 36.4 Å². The molecule has 2 aromatic rings. The summed E-state index contributed by atoms with van der Waals surface area (Å²) in [6.45, 7) is 7.70. The maximum absolute atomic E-state index is 11.2. The van der Waals surface area contributed by atoms with Crippen molar-refractivity contribution in [3.63, 3.8) is 0 Å². The molecule has 0 heterocycles. The van der Waals surface area contributed by atoms with Gasteiger partial charge < -0.3 is 0 Å². The van der Waals surface area contributed by atoms with E-state index >= 15 is 0 Å². The van der Waals surface area contributed by atoms with Crippen LogP contribution in [0.5, 0.6) is 0 Å². The van der Waals surface area contributed by atoms with Crippen molar-refractivity contribution >= 4 is 34.4 Å². The molecule has 2 aromatic carbocycles. The van der Waals surface area contributed by atoms with Gasteiger partial charge in [0.25, 0.3) is 0 Å². The second kappa shape index (κ2) is 5.81. The Bertz CT molecular complexity index is 656. The first kappa shape index (κ1) is 13.5. The van der Waals surface area contributed by atoms with Gasteiger partial charge in [-0.2, -0.15) is 0 Å². The van der Waals surface area contributed by atoms with Crippen molar-refractivity contribution in [1.29, 1.82) is 0 Å². The van der Waals surface area contributed by atoms with Crippen LogP contribution >= 0.6 is 15.9 Å². The minimum absolute atomic E-state index is 0.669. The largest absolute Gasteiger partial charge is 0.298 e. The molecule has 0 fully saturated rings. The lowest BCUT2D eigenvalue weighted by Crippen LogP contribution is -1.93. The Balaban J connectivity index is 2.79. The van der Waals surface area contributed by atoms with Crippen molar-refractivity contribution in [2.75, 3.05) is 0 Å². The molecule has 2 rings (SSSR count). The predicted molar refractivity (Wildman–Crippen MR) is 85.1 cm³/mol. The molecule has 1 nitrogen and oxygen atoms in total. The Kier molecular flexibility index (Phi) is 4.13. The third-order valence-electron chi connectivity index (χ3n) is 3.02. The van der Waals surface area contributed by atoms with Crippen LogP contribution < -0.4 is 0 Å². The number of carbonyl (C=O) groups is 1. The van der Waals surface area contributed by atoms with E-state index in [-0.39, 0.29) is 0 Å². The summed E-state index contributed by atoms with van der Waals surface area (Å²) < 4.78 is 0.963. The molecule has 2 heteroatoms. The van der Waals surface area contributed by atoms with Gasteiger partial charge >= 0.3 is 0 Å². The molecule has 0 saturated heterocycles. The normalized spacial score (nSPS) is 9.95. The molecule has 0 bridgehead atoms. The highest BCUT2D eigenvalue weighted by molar-refractivity contribution is 9.10. The van der Waals surface area contributed by atoms with Gasteiger partial charge in [-0.05, 0) is 28.3 Å². The fraction of sp³-hybridized carbons (Fsp3) is 0. The van der Waals surface area contributed by atoms with Gasteiger partial charge in [-0.1, -0.05) is 71.6 Å². The molecule has 0 amide bonds. The zero-order valence-corrected chi connectivity index (χ0v) is 12.0. The zero-order valence-electron chi connectivity index (χ0n) is 10.4. The average Bonchev–Trinajstić information content (AvgIpc) is 2.46. The number of rotatable bonds is 4. The Morgan fingerprint density at radius 3 is 2.21 bits per heavy atom. The van der Waals surface area contributed by atoms with Gasteiger partial charge in [-0.15, -0.1) is 0 Å². The molecular weight excluding hydrogens is 300 g/mol. The highest BCUT2D eigenvalue weighted by atomic mass is 79.9. The summed E-state index contributed by atoms with van der Waals surface area (Å²) in [6.07, 6.45) is 4.45. The second-order valence-electron chi connectivity index (χ2n) is 4.04. The monoisotopic (exact) mass is 312 g/mol. The van der Waals surface area contributed by atoms with Crippen molar-refractivity contribution < 1.29 is 4.79 Å². The van der Waals surface area contributed by atoms with Crippen molar-refractivity contribution in [2.45, 2.75) is 0 Å². The molecule has 0 spiro atoms. The fourth-order valence-corrected chi connectivity index (χ4v) is 2.62. The second-order valence-corrected chi connectivity index (χ2v) is 4.89. The minimum atomic E-state index is 0.669. The van der Waals surface area contributed by atoms with Gasteiger partial charge in [0.2, 0.25) is 0 Å². The van der Waals surface area contributed by atoms with Crippen LogP contribution in [-0.2, 0) is 0 Å². The Morgan fingerprint density at radius 1 is 0.895 bits per heavy atom. The van der Waals surface area contributed by atoms with Crippen molar-refractivity contribution in [3.8, 4) is 11.1 Å². The molecule has 0 radical (unpaired) electrons. The summed E-state index contributed by atoms with van der Waals surface area (Å²) in [7, 11) is 0. The number of benzene rings is 2. The average molecular weight is 313 g/mol. The lowest BCUT2D eigenvalue weighted by atomic mass is 9.92. The summed E-state index contributed by atoms with van der Waals surface area (Å²) in [4.78, 5) is 11.2. The molecule has 0 saturated carbocycles. The number of aldehydes is 1. The van der Waals surface area contributed by atoms with Crippen LogP contribution in [0, 0.1) is 0 Å². The van der Waals surface area contributed by atoms with E-state index in [9.17, 15) is 4.79 Å². The van der Waals surface area contributed by atoms with Gasteiger partial charge in [0.1, 0.15) is 0 Å². The maximum atomic E-state index is 11.2. The van der Waals surface area contributed by atoms with Crippen LogP contribution in [-0.4, -0.2) is 6.29 Å². The molecule has 19 heavy (non-hydrogen) atoms. The van der Waals surface area contributed by atoms with E-state index in [1.165, 1.54) is 0 Å². The Labute approximate surface area is 121 Å². The van der Waals surface area contributed by atoms with Crippen LogP contribution in [0.2, 0.25) is 0 Å². The SMILES string of the molecule is C=Cc1c(Br)ccc(-c2ccccc2C=O)c1C=C. The molecule has 0 aromatic heterocycles. The third kappa shape index (κ3) is 2.45. The van der Waals surface area contributed by atoms with E-state index < -0.39 is 0 Å². The molecule has 0 unspecified atom stereocenters. The predicted octanol–water partition coefficient (Wildman–Crippen LogP) is 5.21. The smallest absolute Gasteiger partial charge is 0.150 e. The standard InChI is InChI=1S/C17H13BrO/c1-3-13-14(4-2)17(18)10-9-16(13)15-8-6-5-7-12(15)11-19/h3-11H,1-2H2. The zero-order chi connectivity index (χ0) is 13.8. The van der Waals surface area contributed by atoms with Crippen molar-refractivity contribution in [2.24, 2.45) is 0 Å². The topological polar surface area (TPSA) is 17.1 Å². The van der Waals surface area contributed by atoms with Gasteiger partial charge in [0, 0.05) is 10.0 Å². The van der Waals surface area contributed by atoms with Gasteiger partial charge in [-0.25, -0.2) is 0 Å². The molecule has 0 aliphatic carbocycles. The molecule has 0 aliphatic heterocycles. The summed E-state index contributed by atoms with van der Waals surface area (Å²) >= 11 is 3.50. The maximum Gasteiger partial charge on any atom is 0.150 e. The van der Waals surface area contributed by atoms with E-state index in [1.54, 1.807) is 12.2 Å². The Hall–Kier alpha value is -1.93. The Morgan fingerprint density at radius 2 is 1.58 bits per heavy atom. The lowest BCUT2D eigenvalue weighted by molar-refractivity contribution is 0.112. The van der Waals surface area contributed by atoms with Gasteiger partial charge in [0.05, 0.1) is 0 Å². The van der Waals surface area contributed by atoms with Crippen LogP contribution in [0.4, 0.5) is 0 Å². The first-order valence-corrected chi connectivity index (χ1v) is 6.64. The summed E-state index contributed by atoms with van der Waals surface area (Å²) in [5.74, 6) is 0. The van der Waals surface area contributed by atoms with Gasteiger partial charge in [0.15, 0.2) is 6.29 Å². The number of halogens is 1.